The van der Waals surface area contributed by atoms with Gasteiger partial charge < -0.3 is 15.2 Å². The highest BCUT2D eigenvalue weighted by Gasteiger charge is 2.43. The lowest BCUT2D eigenvalue weighted by molar-refractivity contribution is -0.117. The average Bonchev–Trinajstić information content (AvgIpc) is 3.55. The Labute approximate surface area is 215 Å². The number of carbonyl (C=O) groups excluding carboxylic acids is 2. The first kappa shape index (κ1) is 24.6. The van der Waals surface area contributed by atoms with E-state index in [-0.39, 0.29) is 41.0 Å². The number of nitrogens with one attached hydrogen (secondary N) is 2. The summed E-state index contributed by atoms with van der Waals surface area (Å²) in [6.45, 7) is 5.90. The van der Waals surface area contributed by atoms with Gasteiger partial charge in [0.05, 0.1) is 23.9 Å². The quantitative estimate of drug-likeness (QED) is 0.486. The Morgan fingerprint density at radius 1 is 1.14 bits per heavy atom. The van der Waals surface area contributed by atoms with Crippen LogP contribution >= 0.6 is 0 Å². The molecule has 1 saturated carbocycles. The summed E-state index contributed by atoms with van der Waals surface area (Å²) in [5.41, 5.74) is 3.91. The first-order valence-electron chi connectivity index (χ1n) is 12.7. The van der Waals surface area contributed by atoms with Crippen molar-refractivity contribution in [2.75, 3.05) is 5.32 Å². The van der Waals surface area contributed by atoms with E-state index in [4.69, 9.17) is 9.78 Å². The van der Waals surface area contributed by atoms with Gasteiger partial charge in [0.25, 0.3) is 0 Å². The van der Waals surface area contributed by atoms with E-state index >= 15 is 0 Å². The number of fused-ring (bicyclic) bond motifs is 1. The molecule has 9 nitrogen and oxygen atoms in total. The van der Waals surface area contributed by atoms with E-state index < -0.39 is 0 Å². The topological polar surface area (TPSA) is 134 Å². The van der Waals surface area contributed by atoms with Gasteiger partial charge in [-0.1, -0.05) is 50.5 Å². The van der Waals surface area contributed by atoms with E-state index in [1.54, 1.807) is 6.20 Å². The zero-order valence-electron chi connectivity index (χ0n) is 21.2. The van der Waals surface area contributed by atoms with E-state index in [1.807, 2.05) is 39.0 Å². The van der Waals surface area contributed by atoms with Crippen molar-refractivity contribution in [3.8, 4) is 17.2 Å². The van der Waals surface area contributed by atoms with Gasteiger partial charge in [0.1, 0.15) is 5.82 Å². The number of rotatable bonds is 5. The molecular formula is C28H30N6O3. The lowest BCUT2D eigenvalue weighted by Gasteiger charge is -2.19. The minimum absolute atomic E-state index is 0.0222. The molecule has 37 heavy (non-hydrogen) atoms. The van der Waals surface area contributed by atoms with Crippen LogP contribution in [0.5, 0.6) is 0 Å². The van der Waals surface area contributed by atoms with Crippen LogP contribution in [0.1, 0.15) is 80.1 Å². The van der Waals surface area contributed by atoms with Crippen LogP contribution < -0.4 is 10.6 Å². The highest BCUT2D eigenvalue weighted by molar-refractivity contribution is 5.94. The molecular weight excluding hydrogens is 468 g/mol. The van der Waals surface area contributed by atoms with Crippen LogP contribution in [0.4, 0.5) is 5.82 Å². The molecule has 5 rings (SSSR count). The van der Waals surface area contributed by atoms with Crippen molar-refractivity contribution in [3.05, 3.63) is 59.4 Å². The summed E-state index contributed by atoms with van der Waals surface area (Å²) in [6, 6.07) is 12.0. The summed E-state index contributed by atoms with van der Waals surface area (Å²) in [5, 5.41) is 18.9. The number of nitriles is 1. The van der Waals surface area contributed by atoms with E-state index in [2.05, 4.69) is 44.0 Å². The Morgan fingerprint density at radius 3 is 2.68 bits per heavy atom. The molecule has 2 amide bonds. The van der Waals surface area contributed by atoms with Crippen LogP contribution in [0.3, 0.4) is 0 Å². The molecule has 0 aliphatic heterocycles. The zero-order valence-corrected chi connectivity index (χ0v) is 21.2. The lowest BCUT2D eigenvalue weighted by Crippen LogP contribution is -2.29. The third kappa shape index (κ3) is 5.38. The molecule has 0 radical (unpaired) electrons. The minimum atomic E-state index is -0.367. The van der Waals surface area contributed by atoms with Crippen LogP contribution in [0, 0.1) is 23.2 Å². The predicted octanol–water partition coefficient (Wildman–Crippen LogP) is 4.72. The summed E-state index contributed by atoms with van der Waals surface area (Å²) in [5.74, 6) is -0.0185. The smallest absolute Gasteiger partial charge is 0.315 e. The highest BCUT2D eigenvalue weighted by Crippen LogP contribution is 2.38. The maximum Gasteiger partial charge on any atom is 0.315 e. The summed E-state index contributed by atoms with van der Waals surface area (Å²) in [6.07, 6.45) is 6.03. The molecule has 0 bridgehead atoms. The van der Waals surface area contributed by atoms with Gasteiger partial charge in [-0.15, -0.1) is 0 Å². The third-order valence-electron chi connectivity index (χ3n) is 6.94. The van der Waals surface area contributed by atoms with Crippen LogP contribution in [0.2, 0.25) is 0 Å². The summed E-state index contributed by atoms with van der Waals surface area (Å²) in [4.78, 5) is 33.8. The van der Waals surface area contributed by atoms with E-state index in [9.17, 15) is 9.59 Å². The fourth-order valence-corrected chi connectivity index (χ4v) is 4.68. The molecule has 2 aliphatic rings. The van der Waals surface area contributed by atoms with E-state index in [0.29, 0.717) is 18.1 Å². The van der Waals surface area contributed by atoms with Crippen molar-refractivity contribution in [2.24, 2.45) is 11.8 Å². The number of hydrogen-bond acceptors (Lipinski definition) is 7. The van der Waals surface area contributed by atoms with Gasteiger partial charge >= 0.3 is 11.8 Å². The number of amides is 2. The van der Waals surface area contributed by atoms with Crippen molar-refractivity contribution in [3.63, 3.8) is 0 Å². The second-order valence-electron chi connectivity index (χ2n) is 10.9. The Kier molecular flexibility index (Phi) is 6.50. The summed E-state index contributed by atoms with van der Waals surface area (Å²) in [7, 11) is 0. The number of carbonyl (C=O) groups is 2. The Morgan fingerprint density at radius 2 is 1.95 bits per heavy atom. The van der Waals surface area contributed by atoms with E-state index in [0.717, 1.165) is 42.4 Å². The fraction of sp³-hybridized carbons (Fsp3) is 0.429. The van der Waals surface area contributed by atoms with Crippen LogP contribution in [-0.2, 0) is 16.6 Å². The van der Waals surface area contributed by atoms with Crippen LogP contribution in [0.15, 0.2) is 41.1 Å². The molecule has 9 heteroatoms. The normalized spacial score (nSPS) is 20.8. The second kappa shape index (κ2) is 9.77. The van der Waals surface area contributed by atoms with Gasteiger partial charge in [-0.2, -0.15) is 10.2 Å². The number of aryl methyl sites for hydroxylation is 1. The molecule has 3 atom stereocenters. The molecule has 2 heterocycles. The third-order valence-corrected chi connectivity index (χ3v) is 6.94. The van der Waals surface area contributed by atoms with Gasteiger partial charge in [0.15, 0.2) is 5.82 Å². The number of aromatic nitrogens is 3. The average molecular weight is 499 g/mol. The lowest BCUT2D eigenvalue weighted by atomic mass is 9.94. The monoisotopic (exact) mass is 498 g/mol. The van der Waals surface area contributed by atoms with E-state index in [1.165, 1.54) is 5.56 Å². The van der Waals surface area contributed by atoms with Gasteiger partial charge in [0, 0.05) is 11.6 Å². The molecule has 0 spiro atoms. The van der Waals surface area contributed by atoms with Gasteiger partial charge in [-0.25, -0.2) is 4.98 Å². The Balaban J connectivity index is 1.33. The molecule has 2 N–H and O–H groups in total. The van der Waals surface area contributed by atoms with Crippen molar-refractivity contribution in [1.82, 2.24) is 20.4 Å². The molecule has 1 fully saturated rings. The first-order valence-corrected chi connectivity index (χ1v) is 12.7. The van der Waals surface area contributed by atoms with Gasteiger partial charge in [0.2, 0.25) is 5.91 Å². The number of benzene rings is 1. The molecule has 2 aromatic heterocycles. The fourth-order valence-electron chi connectivity index (χ4n) is 4.68. The maximum atomic E-state index is 12.9. The van der Waals surface area contributed by atoms with Crippen molar-refractivity contribution in [1.29, 1.82) is 5.26 Å². The highest BCUT2D eigenvalue weighted by atomic mass is 16.5. The van der Waals surface area contributed by atoms with Crippen molar-refractivity contribution >= 4 is 17.6 Å². The number of hydrogen-bond donors (Lipinski definition) is 2. The molecule has 2 aliphatic carbocycles. The van der Waals surface area contributed by atoms with Crippen LogP contribution in [-0.4, -0.2) is 26.9 Å². The summed E-state index contributed by atoms with van der Waals surface area (Å²) < 4.78 is 5.24. The Bertz CT molecular complexity index is 1380. The zero-order chi connectivity index (χ0) is 26.2. The number of nitrogens with zero attached hydrogens (tertiary/aromatic N) is 4. The predicted molar refractivity (Wildman–Crippen MR) is 136 cm³/mol. The molecule has 3 aromatic rings. The standard InChI is InChI=1S/C28H30N6O3/c1-28(2,3)27-33-26(37-34-27)25(36)31-22-7-5-4-6-18-12-16(8-9-20(18)22)17-10-11-30-23(14-17)32-24(35)21-13-19(21)15-29/h8-12,14,19,21-22H,4-7,13H2,1-3H3,(H,31,36)(H,30,32,35)/t19-,21-,22+/m0/s1. The largest absolute Gasteiger partial charge is 0.341 e. The molecule has 0 unspecified atom stereocenters. The molecule has 190 valence electrons. The summed E-state index contributed by atoms with van der Waals surface area (Å²) >= 11 is 0. The van der Waals surface area contributed by atoms with Gasteiger partial charge in [-0.3, -0.25) is 9.59 Å². The SMILES string of the molecule is CC(C)(C)c1noc(C(=O)N[C@@H]2CCCCc3cc(-c4ccnc(NC(=O)[C@H]5C[C@H]5C#N)c4)ccc32)n1. The number of anilines is 1. The minimum Gasteiger partial charge on any atom is -0.341 e. The van der Waals surface area contributed by atoms with Crippen LogP contribution in [0.25, 0.3) is 11.1 Å². The van der Waals surface area contributed by atoms with Gasteiger partial charge in [-0.05, 0) is 60.1 Å². The number of pyridine rings is 1. The molecule has 1 aromatic carbocycles. The molecule has 0 saturated heterocycles. The first-order chi connectivity index (χ1) is 17.7. The Hall–Kier alpha value is -4.06. The maximum absolute atomic E-state index is 12.9. The van der Waals surface area contributed by atoms with Crippen molar-refractivity contribution < 1.29 is 14.1 Å². The van der Waals surface area contributed by atoms with Crippen molar-refractivity contribution in [2.45, 2.75) is 64.3 Å². The second-order valence-corrected chi connectivity index (χ2v) is 10.9.